The topological polar surface area (TPSA) is 21.3 Å². The lowest BCUT2D eigenvalue weighted by Gasteiger charge is -2.21. The molecule has 0 saturated carbocycles. The van der Waals surface area contributed by atoms with Gasteiger partial charge in [-0.05, 0) is 68.8 Å². The molecule has 0 bridgehead atoms. The Morgan fingerprint density at radius 2 is 2.33 bits per heavy atom. The molecule has 1 fully saturated rings. The fraction of sp³-hybridized carbons (Fsp3) is 0.647. The summed E-state index contributed by atoms with van der Waals surface area (Å²) in [5.74, 6) is -0.171. The fourth-order valence-electron chi connectivity index (χ4n) is 2.89. The van der Waals surface area contributed by atoms with Crippen LogP contribution in [-0.4, -0.2) is 19.3 Å². The van der Waals surface area contributed by atoms with Crippen LogP contribution in [0.25, 0.3) is 0 Å². The van der Waals surface area contributed by atoms with Crippen molar-refractivity contribution < 1.29 is 9.13 Å². The van der Waals surface area contributed by atoms with Gasteiger partial charge < -0.3 is 10.1 Å². The fourth-order valence-corrected chi connectivity index (χ4v) is 3.41. The molecule has 0 aromatic heterocycles. The molecule has 2 nitrogen and oxygen atoms in total. The maximum absolute atomic E-state index is 13.5. The molecule has 2 rings (SSSR count). The second kappa shape index (κ2) is 8.86. The van der Waals surface area contributed by atoms with Crippen molar-refractivity contribution in [1.82, 2.24) is 5.32 Å². The molecule has 1 aromatic carbocycles. The minimum absolute atomic E-state index is 0.171. The van der Waals surface area contributed by atoms with Crippen LogP contribution in [0.2, 0.25) is 0 Å². The predicted molar refractivity (Wildman–Crippen MR) is 88.0 cm³/mol. The van der Waals surface area contributed by atoms with Gasteiger partial charge in [-0.1, -0.05) is 22.9 Å². The third-order valence-corrected chi connectivity index (χ3v) is 4.74. The first-order chi connectivity index (χ1) is 10.2. The summed E-state index contributed by atoms with van der Waals surface area (Å²) in [4.78, 5) is 0. The number of halogens is 2. The molecule has 0 amide bonds. The van der Waals surface area contributed by atoms with Crippen molar-refractivity contribution in [3.05, 3.63) is 34.1 Å². The Morgan fingerprint density at radius 1 is 1.48 bits per heavy atom. The minimum Gasteiger partial charge on any atom is -0.378 e. The van der Waals surface area contributed by atoms with Crippen LogP contribution >= 0.6 is 15.9 Å². The van der Waals surface area contributed by atoms with E-state index in [9.17, 15) is 4.39 Å². The Balaban J connectivity index is 1.94. The zero-order chi connectivity index (χ0) is 15.1. The highest BCUT2D eigenvalue weighted by molar-refractivity contribution is 9.10. The number of hydrogen-bond donors (Lipinski definition) is 1. The molecular weight excluding hydrogens is 333 g/mol. The van der Waals surface area contributed by atoms with Gasteiger partial charge in [-0.25, -0.2) is 4.39 Å². The van der Waals surface area contributed by atoms with Crippen molar-refractivity contribution in [2.24, 2.45) is 0 Å². The van der Waals surface area contributed by atoms with Gasteiger partial charge in [0.05, 0.1) is 6.10 Å². The molecule has 1 aliphatic rings. The van der Waals surface area contributed by atoms with Crippen LogP contribution in [0, 0.1) is 5.82 Å². The van der Waals surface area contributed by atoms with Crippen LogP contribution in [0.3, 0.4) is 0 Å². The van der Waals surface area contributed by atoms with E-state index in [1.54, 1.807) is 12.1 Å². The summed E-state index contributed by atoms with van der Waals surface area (Å²) in [6, 6.07) is 5.14. The molecule has 2 unspecified atom stereocenters. The highest BCUT2D eigenvalue weighted by Gasteiger charge is 2.18. The molecule has 1 aromatic rings. The van der Waals surface area contributed by atoms with Crippen LogP contribution in [-0.2, 0) is 4.74 Å². The van der Waals surface area contributed by atoms with Gasteiger partial charge in [0.25, 0.3) is 0 Å². The molecule has 2 atom stereocenters. The zero-order valence-corrected chi connectivity index (χ0v) is 14.3. The summed E-state index contributed by atoms with van der Waals surface area (Å²) < 4.78 is 20.2. The summed E-state index contributed by atoms with van der Waals surface area (Å²) in [6.45, 7) is 4.02. The molecule has 0 aliphatic carbocycles. The van der Waals surface area contributed by atoms with Crippen LogP contribution < -0.4 is 5.32 Å². The van der Waals surface area contributed by atoms with E-state index in [2.05, 4.69) is 28.2 Å². The first-order valence-electron chi connectivity index (χ1n) is 8.00. The lowest BCUT2D eigenvalue weighted by atomic mass is 9.99. The Kier molecular flexibility index (Phi) is 7.14. The Morgan fingerprint density at radius 3 is 3.05 bits per heavy atom. The second-order valence-corrected chi connectivity index (χ2v) is 6.59. The molecule has 1 aliphatic heterocycles. The molecule has 1 N–H and O–H groups in total. The number of rotatable bonds is 8. The van der Waals surface area contributed by atoms with Gasteiger partial charge in [-0.15, -0.1) is 0 Å². The molecule has 0 radical (unpaired) electrons. The Hall–Kier alpha value is -0.450. The number of benzene rings is 1. The van der Waals surface area contributed by atoms with Gasteiger partial charge in [-0.3, -0.25) is 0 Å². The standard InChI is InChI=1S/C17H25BrFNO/c1-2-10-20-17(7-3-5-14-6-4-11-21-14)15-12-13(19)8-9-16(15)18/h8-9,12,14,17,20H,2-7,10-11H2,1H3. The van der Waals surface area contributed by atoms with Crippen LogP contribution in [0.4, 0.5) is 4.39 Å². The van der Waals surface area contributed by atoms with E-state index in [0.717, 1.165) is 48.9 Å². The van der Waals surface area contributed by atoms with E-state index in [1.807, 2.05) is 0 Å². The summed E-state index contributed by atoms with van der Waals surface area (Å²) in [7, 11) is 0. The summed E-state index contributed by atoms with van der Waals surface area (Å²) in [5.41, 5.74) is 1.02. The smallest absolute Gasteiger partial charge is 0.123 e. The van der Waals surface area contributed by atoms with Crippen molar-refractivity contribution in [3.63, 3.8) is 0 Å². The molecule has 4 heteroatoms. The largest absolute Gasteiger partial charge is 0.378 e. The lowest BCUT2D eigenvalue weighted by Crippen LogP contribution is -2.23. The minimum atomic E-state index is -0.171. The zero-order valence-electron chi connectivity index (χ0n) is 12.7. The SMILES string of the molecule is CCCNC(CCCC1CCCO1)c1cc(F)ccc1Br. The molecule has 21 heavy (non-hydrogen) atoms. The molecule has 0 spiro atoms. The molecule has 1 saturated heterocycles. The van der Waals surface area contributed by atoms with E-state index >= 15 is 0 Å². The number of nitrogens with one attached hydrogen (secondary N) is 1. The monoisotopic (exact) mass is 357 g/mol. The van der Waals surface area contributed by atoms with Gasteiger partial charge in [0, 0.05) is 17.1 Å². The Labute approximate surface area is 135 Å². The first-order valence-corrected chi connectivity index (χ1v) is 8.80. The van der Waals surface area contributed by atoms with E-state index < -0.39 is 0 Å². The van der Waals surface area contributed by atoms with E-state index in [1.165, 1.54) is 18.9 Å². The van der Waals surface area contributed by atoms with Crippen molar-refractivity contribution in [1.29, 1.82) is 0 Å². The molecular formula is C17H25BrFNO. The summed E-state index contributed by atoms with van der Waals surface area (Å²) >= 11 is 3.55. The van der Waals surface area contributed by atoms with Crippen LogP contribution in [0.1, 0.15) is 57.1 Å². The predicted octanol–water partition coefficient (Wildman–Crippen LogP) is 4.98. The molecule has 1 heterocycles. The van der Waals surface area contributed by atoms with Crippen molar-refractivity contribution in [2.75, 3.05) is 13.2 Å². The third-order valence-electron chi connectivity index (χ3n) is 4.02. The van der Waals surface area contributed by atoms with Crippen molar-refractivity contribution >= 4 is 15.9 Å². The highest BCUT2D eigenvalue weighted by Crippen LogP contribution is 2.29. The average Bonchev–Trinajstić information content (AvgIpc) is 2.99. The van der Waals surface area contributed by atoms with Gasteiger partial charge in [0.2, 0.25) is 0 Å². The quantitative estimate of drug-likeness (QED) is 0.708. The van der Waals surface area contributed by atoms with Gasteiger partial charge in [0.15, 0.2) is 0 Å². The summed E-state index contributed by atoms with van der Waals surface area (Å²) in [5, 5.41) is 3.54. The Bertz CT molecular complexity index is 435. The van der Waals surface area contributed by atoms with Crippen LogP contribution in [0.5, 0.6) is 0 Å². The lowest BCUT2D eigenvalue weighted by molar-refractivity contribution is 0.101. The van der Waals surface area contributed by atoms with Crippen LogP contribution in [0.15, 0.2) is 22.7 Å². The van der Waals surface area contributed by atoms with Crippen molar-refractivity contribution in [3.8, 4) is 0 Å². The maximum atomic E-state index is 13.5. The summed E-state index contributed by atoms with van der Waals surface area (Å²) in [6.07, 6.45) is 7.13. The third kappa shape index (κ3) is 5.35. The average molecular weight is 358 g/mol. The normalized spacial score (nSPS) is 19.9. The number of ether oxygens (including phenoxy) is 1. The second-order valence-electron chi connectivity index (χ2n) is 5.74. The van der Waals surface area contributed by atoms with Crippen molar-refractivity contribution in [2.45, 2.75) is 57.6 Å². The van der Waals surface area contributed by atoms with E-state index in [4.69, 9.17) is 4.74 Å². The first kappa shape index (κ1) is 16.9. The number of hydrogen-bond acceptors (Lipinski definition) is 2. The van der Waals surface area contributed by atoms with Gasteiger partial charge in [0.1, 0.15) is 5.82 Å². The highest BCUT2D eigenvalue weighted by atomic mass is 79.9. The van der Waals surface area contributed by atoms with E-state index in [-0.39, 0.29) is 11.9 Å². The maximum Gasteiger partial charge on any atom is 0.123 e. The van der Waals surface area contributed by atoms with Gasteiger partial charge >= 0.3 is 0 Å². The molecule has 118 valence electrons. The van der Waals surface area contributed by atoms with Gasteiger partial charge in [-0.2, -0.15) is 0 Å². The van der Waals surface area contributed by atoms with E-state index in [0.29, 0.717) is 6.10 Å².